The van der Waals surface area contributed by atoms with E-state index < -0.39 is 6.36 Å². The number of fused-ring (bicyclic) bond motifs is 1. The lowest BCUT2D eigenvalue weighted by atomic mass is 10.2. The molecular formula is C15H14F3N5OS. The second-order valence-electron chi connectivity index (χ2n) is 5.28. The highest BCUT2D eigenvalue weighted by Crippen LogP contribution is 2.38. The maximum Gasteiger partial charge on any atom is 0.573 e. The number of halogens is 3. The Morgan fingerprint density at radius 3 is 2.36 bits per heavy atom. The Hall–Kier alpha value is -2.62. The Balaban J connectivity index is 1.94. The van der Waals surface area contributed by atoms with Crippen molar-refractivity contribution in [1.82, 2.24) is 14.5 Å². The van der Waals surface area contributed by atoms with E-state index in [4.69, 9.17) is 11.5 Å². The molecule has 1 aromatic carbocycles. The fourth-order valence-corrected chi connectivity index (χ4v) is 3.48. The Morgan fingerprint density at radius 2 is 1.76 bits per heavy atom. The molecule has 10 heteroatoms. The lowest BCUT2D eigenvalue weighted by Crippen LogP contribution is -2.16. The summed E-state index contributed by atoms with van der Waals surface area (Å²) in [6.07, 6.45) is -4.71. The molecule has 25 heavy (non-hydrogen) atoms. The molecule has 0 aliphatic rings. The average molecular weight is 369 g/mol. The van der Waals surface area contributed by atoms with E-state index in [0.717, 1.165) is 15.5 Å². The van der Waals surface area contributed by atoms with Crippen molar-refractivity contribution in [2.75, 3.05) is 11.5 Å². The zero-order chi connectivity index (χ0) is 18.4. The van der Waals surface area contributed by atoms with Gasteiger partial charge in [-0.1, -0.05) is 11.8 Å². The molecule has 6 nitrogen and oxygen atoms in total. The molecule has 0 unspecified atom stereocenters. The number of benzene rings is 1. The lowest BCUT2D eigenvalue weighted by molar-refractivity contribution is -0.274. The summed E-state index contributed by atoms with van der Waals surface area (Å²) in [6.45, 7) is 1.88. The van der Waals surface area contributed by atoms with Crippen LogP contribution in [0.3, 0.4) is 0 Å². The molecule has 0 radical (unpaired) electrons. The van der Waals surface area contributed by atoms with Gasteiger partial charge in [0.15, 0.2) is 0 Å². The van der Waals surface area contributed by atoms with Crippen LogP contribution >= 0.6 is 11.8 Å². The predicted octanol–water partition coefficient (Wildman–Crippen LogP) is 3.49. The highest BCUT2D eigenvalue weighted by atomic mass is 32.2. The van der Waals surface area contributed by atoms with Gasteiger partial charge in [0.1, 0.15) is 17.2 Å². The van der Waals surface area contributed by atoms with Gasteiger partial charge in [0.05, 0.1) is 10.4 Å². The van der Waals surface area contributed by atoms with Gasteiger partial charge in [0.2, 0.25) is 5.95 Å². The summed E-state index contributed by atoms with van der Waals surface area (Å²) < 4.78 is 42.3. The minimum Gasteiger partial charge on any atom is -0.406 e. The van der Waals surface area contributed by atoms with Crippen molar-refractivity contribution in [2.45, 2.75) is 23.2 Å². The van der Waals surface area contributed by atoms with Crippen LogP contribution in [-0.4, -0.2) is 20.9 Å². The van der Waals surface area contributed by atoms with Crippen molar-refractivity contribution < 1.29 is 17.9 Å². The van der Waals surface area contributed by atoms with Gasteiger partial charge in [-0.25, -0.2) is 0 Å². The van der Waals surface area contributed by atoms with E-state index in [-0.39, 0.29) is 17.5 Å². The monoisotopic (exact) mass is 369 g/mol. The normalized spacial score (nSPS) is 11.9. The number of aryl methyl sites for hydroxylation is 2. The van der Waals surface area contributed by atoms with Crippen LogP contribution in [0, 0.1) is 6.92 Å². The second-order valence-corrected chi connectivity index (χ2v) is 6.34. The van der Waals surface area contributed by atoms with E-state index in [0.29, 0.717) is 11.0 Å². The number of nitrogen functional groups attached to an aromatic ring is 2. The van der Waals surface area contributed by atoms with E-state index in [2.05, 4.69) is 14.7 Å². The Morgan fingerprint density at radius 1 is 1.12 bits per heavy atom. The van der Waals surface area contributed by atoms with Gasteiger partial charge >= 0.3 is 6.36 Å². The molecule has 0 amide bonds. The SMILES string of the molecule is Cc1c(Sc2ccc(OC(F)(F)F)cc2)n(C)c2nc(N)nc(N)c12. The maximum atomic E-state index is 12.2. The number of hydrogen-bond acceptors (Lipinski definition) is 6. The first kappa shape index (κ1) is 17.2. The highest BCUT2D eigenvalue weighted by molar-refractivity contribution is 7.99. The third kappa shape index (κ3) is 3.43. The van der Waals surface area contributed by atoms with E-state index in [1.54, 1.807) is 12.1 Å². The summed E-state index contributed by atoms with van der Waals surface area (Å²) in [7, 11) is 1.81. The first-order chi connectivity index (χ1) is 11.7. The van der Waals surface area contributed by atoms with Crippen LogP contribution in [0.1, 0.15) is 5.56 Å². The summed E-state index contributed by atoms with van der Waals surface area (Å²) in [5.41, 5.74) is 13.0. The van der Waals surface area contributed by atoms with Crippen molar-refractivity contribution in [2.24, 2.45) is 7.05 Å². The lowest BCUT2D eigenvalue weighted by Gasteiger charge is -2.09. The largest absolute Gasteiger partial charge is 0.573 e. The summed E-state index contributed by atoms with van der Waals surface area (Å²) in [4.78, 5) is 8.91. The molecule has 0 aliphatic heterocycles. The summed E-state index contributed by atoms with van der Waals surface area (Å²) in [6, 6.07) is 5.62. The molecule has 0 fully saturated rings. The summed E-state index contributed by atoms with van der Waals surface area (Å²) in [5.74, 6) is 0.0978. The quantitative estimate of drug-likeness (QED) is 0.734. The Bertz CT molecular complexity index is 937. The van der Waals surface area contributed by atoms with Gasteiger partial charge in [-0.2, -0.15) is 9.97 Å². The standard InChI is InChI=1S/C15H14F3N5OS/c1-7-10-11(19)21-14(20)22-12(10)23(2)13(7)25-9-5-3-8(4-6-9)24-15(16,17)18/h3-6H,1-2H3,(H4,19,20,21,22). The van der Waals surface area contributed by atoms with Crippen molar-refractivity contribution in [1.29, 1.82) is 0 Å². The van der Waals surface area contributed by atoms with Crippen molar-refractivity contribution in [3.63, 3.8) is 0 Å². The smallest absolute Gasteiger partial charge is 0.406 e. The number of hydrogen-bond donors (Lipinski definition) is 2. The molecule has 0 bridgehead atoms. The van der Waals surface area contributed by atoms with Gasteiger partial charge in [-0.3, -0.25) is 0 Å². The molecule has 4 N–H and O–H groups in total. The first-order valence-corrected chi connectivity index (χ1v) is 7.89. The fourth-order valence-electron chi connectivity index (χ4n) is 2.51. The fraction of sp³-hybridized carbons (Fsp3) is 0.200. The van der Waals surface area contributed by atoms with Gasteiger partial charge in [-0.05, 0) is 36.8 Å². The van der Waals surface area contributed by atoms with Crippen molar-refractivity contribution >= 4 is 34.6 Å². The van der Waals surface area contributed by atoms with Crippen LogP contribution in [0.4, 0.5) is 24.9 Å². The average Bonchev–Trinajstić information content (AvgIpc) is 2.72. The second kappa shape index (κ2) is 6.03. The van der Waals surface area contributed by atoms with Crippen LogP contribution in [0.2, 0.25) is 0 Å². The summed E-state index contributed by atoms with van der Waals surface area (Å²) in [5, 5.41) is 1.54. The zero-order valence-corrected chi connectivity index (χ0v) is 14.1. The van der Waals surface area contributed by atoms with Crippen molar-refractivity contribution in [3.8, 4) is 5.75 Å². The number of aromatic nitrogens is 3. The number of alkyl halides is 3. The van der Waals surface area contributed by atoms with E-state index in [1.165, 1.54) is 23.9 Å². The molecule has 3 rings (SSSR count). The van der Waals surface area contributed by atoms with Gasteiger partial charge in [0.25, 0.3) is 0 Å². The van der Waals surface area contributed by atoms with Gasteiger partial charge < -0.3 is 20.8 Å². The van der Waals surface area contributed by atoms with Crippen LogP contribution in [-0.2, 0) is 7.05 Å². The van der Waals surface area contributed by atoms with Crippen molar-refractivity contribution in [3.05, 3.63) is 29.8 Å². The molecule has 0 atom stereocenters. The molecule has 0 saturated carbocycles. The van der Waals surface area contributed by atoms with Crippen LogP contribution in [0.25, 0.3) is 11.0 Å². The summed E-state index contributed by atoms with van der Waals surface area (Å²) >= 11 is 1.37. The maximum absolute atomic E-state index is 12.2. The Labute approximate surface area is 145 Å². The number of nitrogens with zero attached hydrogens (tertiary/aromatic N) is 3. The molecule has 0 aliphatic carbocycles. The number of anilines is 2. The first-order valence-electron chi connectivity index (χ1n) is 7.07. The molecule has 0 spiro atoms. The molecule has 2 aromatic heterocycles. The third-order valence-corrected chi connectivity index (χ3v) is 4.81. The van der Waals surface area contributed by atoms with Gasteiger partial charge in [-0.15, -0.1) is 13.2 Å². The molecular weight excluding hydrogens is 355 g/mol. The van der Waals surface area contributed by atoms with Crippen LogP contribution < -0.4 is 16.2 Å². The zero-order valence-electron chi connectivity index (χ0n) is 13.3. The van der Waals surface area contributed by atoms with E-state index in [1.807, 2.05) is 18.5 Å². The number of nitrogens with two attached hydrogens (primary N) is 2. The van der Waals surface area contributed by atoms with E-state index >= 15 is 0 Å². The topological polar surface area (TPSA) is 92.0 Å². The third-order valence-electron chi connectivity index (χ3n) is 3.53. The van der Waals surface area contributed by atoms with Crippen LogP contribution in [0.15, 0.2) is 34.2 Å². The molecule has 3 aromatic rings. The predicted molar refractivity (Wildman–Crippen MR) is 89.3 cm³/mol. The minimum absolute atomic E-state index is 0.0794. The highest BCUT2D eigenvalue weighted by Gasteiger charge is 2.31. The van der Waals surface area contributed by atoms with Gasteiger partial charge in [0, 0.05) is 11.9 Å². The number of rotatable bonds is 3. The molecule has 0 saturated heterocycles. The number of ether oxygens (including phenoxy) is 1. The molecule has 132 valence electrons. The minimum atomic E-state index is -4.71. The Kier molecular flexibility index (Phi) is 4.15. The van der Waals surface area contributed by atoms with Crippen LogP contribution in [0.5, 0.6) is 5.75 Å². The molecule has 2 heterocycles. The van der Waals surface area contributed by atoms with E-state index in [9.17, 15) is 13.2 Å².